The maximum atomic E-state index is 2.43. The van der Waals surface area contributed by atoms with Crippen LogP contribution in [0.1, 0.15) is 72.8 Å². The minimum Gasteiger partial charge on any atom is -0.0683 e. The summed E-state index contributed by atoms with van der Waals surface area (Å²) in [5.41, 5.74) is 1.88. The monoisotopic (exact) mass is 248 g/mol. The van der Waals surface area contributed by atoms with Gasteiger partial charge in [0.15, 0.2) is 0 Å². The van der Waals surface area contributed by atoms with Crippen LogP contribution >= 0.6 is 0 Å². The first-order valence-corrected chi connectivity index (χ1v) is 7.68. The molecule has 104 valence electrons. The van der Waals surface area contributed by atoms with Crippen LogP contribution in [-0.4, -0.2) is 0 Å². The molecule has 0 aliphatic heterocycles. The lowest BCUT2D eigenvalue weighted by atomic mass is 9.72. The van der Waals surface area contributed by atoms with E-state index in [-0.39, 0.29) is 0 Å². The van der Waals surface area contributed by atoms with Gasteiger partial charge in [-0.25, -0.2) is 0 Å². The Balaban J connectivity index is 0.00000137. The molecule has 0 aromatic heterocycles. The average molecular weight is 248 g/mol. The van der Waals surface area contributed by atoms with E-state index >= 15 is 0 Å². The second-order valence-electron chi connectivity index (χ2n) is 5.39. The fraction of sp³-hybridized carbons (Fsp3) is 0.667. The van der Waals surface area contributed by atoms with E-state index in [2.05, 4.69) is 58.0 Å². The maximum absolute atomic E-state index is 2.43. The fourth-order valence-corrected chi connectivity index (χ4v) is 2.67. The topological polar surface area (TPSA) is 0 Å². The first-order valence-electron chi connectivity index (χ1n) is 7.68. The van der Waals surface area contributed by atoms with Crippen molar-refractivity contribution in [1.29, 1.82) is 0 Å². The molecule has 1 rings (SSSR count). The van der Waals surface area contributed by atoms with Gasteiger partial charge < -0.3 is 0 Å². The van der Waals surface area contributed by atoms with Gasteiger partial charge in [0.05, 0.1) is 0 Å². The molecular formula is C18H32. The molecule has 1 aromatic carbocycles. The summed E-state index contributed by atoms with van der Waals surface area (Å²) in [4.78, 5) is 0. The van der Waals surface area contributed by atoms with E-state index in [9.17, 15) is 0 Å². The number of benzene rings is 1. The number of rotatable bonds is 6. The highest BCUT2D eigenvalue weighted by molar-refractivity contribution is 5.24. The van der Waals surface area contributed by atoms with Crippen molar-refractivity contribution in [2.75, 3.05) is 0 Å². The van der Waals surface area contributed by atoms with Crippen LogP contribution < -0.4 is 0 Å². The summed E-state index contributed by atoms with van der Waals surface area (Å²) in [6, 6.07) is 11.0. The van der Waals surface area contributed by atoms with E-state index in [1.54, 1.807) is 0 Å². The Morgan fingerprint density at radius 3 is 2.06 bits per heavy atom. The van der Waals surface area contributed by atoms with Crippen LogP contribution in [0.4, 0.5) is 0 Å². The fourth-order valence-electron chi connectivity index (χ4n) is 2.67. The van der Waals surface area contributed by atoms with Gasteiger partial charge in [0.1, 0.15) is 0 Å². The Kier molecular flexibility index (Phi) is 8.79. The highest BCUT2D eigenvalue weighted by Crippen LogP contribution is 2.36. The maximum Gasteiger partial charge on any atom is -0.00728 e. The van der Waals surface area contributed by atoms with Crippen LogP contribution in [0.25, 0.3) is 0 Å². The first kappa shape index (κ1) is 17.2. The Labute approximate surface area is 115 Å². The Morgan fingerprint density at radius 2 is 1.61 bits per heavy atom. The molecule has 0 amide bonds. The zero-order valence-electron chi connectivity index (χ0n) is 13.3. The molecule has 2 unspecified atom stereocenters. The second kappa shape index (κ2) is 9.19. The largest absolute Gasteiger partial charge is 0.0683 e. The van der Waals surface area contributed by atoms with Gasteiger partial charge in [-0.2, -0.15) is 0 Å². The molecule has 0 fully saturated rings. The van der Waals surface area contributed by atoms with E-state index in [0.717, 1.165) is 5.92 Å². The van der Waals surface area contributed by atoms with Crippen molar-refractivity contribution in [3.05, 3.63) is 35.9 Å². The van der Waals surface area contributed by atoms with Crippen molar-refractivity contribution in [3.63, 3.8) is 0 Å². The van der Waals surface area contributed by atoms with Gasteiger partial charge in [-0.15, -0.1) is 0 Å². The molecule has 18 heavy (non-hydrogen) atoms. The predicted molar refractivity (Wildman–Crippen MR) is 84.1 cm³/mol. The summed E-state index contributed by atoms with van der Waals surface area (Å²) >= 11 is 0. The van der Waals surface area contributed by atoms with Crippen LogP contribution in [0.3, 0.4) is 0 Å². The standard InChI is InChI=1S/C16H26.C2H6/c1-5-12-16(4,13-14(3)6-2)15-10-8-7-9-11-15;1-2/h7-11,14H,5-6,12-13H2,1-4H3;1-2H3. The molecule has 0 saturated carbocycles. The molecule has 0 N–H and O–H groups in total. The predicted octanol–water partition coefficient (Wildman–Crippen LogP) is 6.21. The van der Waals surface area contributed by atoms with Crippen LogP contribution in [0.5, 0.6) is 0 Å². The smallest absolute Gasteiger partial charge is 0.00728 e. The van der Waals surface area contributed by atoms with E-state index < -0.39 is 0 Å². The van der Waals surface area contributed by atoms with Crippen LogP contribution in [-0.2, 0) is 5.41 Å². The van der Waals surface area contributed by atoms with Crippen molar-refractivity contribution in [3.8, 4) is 0 Å². The van der Waals surface area contributed by atoms with Gasteiger partial charge in [0, 0.05) is 0 Å². The molecular weight excluding hydrogens is 216 g/mol. The molecule has 0 radical (unpaired) electrons. The third-order valence-electron chi connectivity index (χ3n) is 3.77. The van der Waals surface area contributed by atoms with Gasteiger partial charge in [-0.3, -0.25) is 0 Å². The molecule has 0 heteroatoms. The zero-order chi connectivity index (χ0) is 14.0. The zero-order valence-corrected chi connectivity index (χ0v) is 13.3. The van der Waals surface area contributed by atoms with E-state index in [1.807, 2.05) is 13.8 Å². The molecule has 0 saturated heterocycles. The second-order valence-corrected chi connectivity index (χ2v) is 5.39. The highest BCUT2D eigenvalue weighted by atomic mass is 14.3. The molecule has 0 bridgehead atoms. The van der Waals surface area contributed by atoms with E-state index in [0.29, 0.717) is 5.41 Å². The lowest BCUT2D eigenvalue weighted by molar-refractivity contribution is 0.323. The van der Waals surface area contributed by atoms with Crippen LogP contribution in [0.15, 0.2) is 30.3 Å². The third kappa shape index (κ3) is 5.25. The minimum atomic E-state index is 0.367. The molecule has 0 aliphatic rings. The molecule has 2 atom stereocenters. The lowest BCUT2D eigenvalue weighted by Crippen LogP contribution is -2.24. The summed E-state index contributed by atoms with van der Waals surface area (Å²) in [6.07, 6.45) is 5.15. The van der Waals surface area contributed by atoms with Crippen molar-refractivity contribution in [1.82, 2.24) is 0 Å². The van der Waals surface area contributed by atoms with Crippen LogP contribution in [0.2, 0.25) is 0 Å². The number of hydrogen-bond acceptors (Lipinski definition) is 0. The van der Waals surface area contributed by atoms with E-state index in [1.165, 1.54) is 31.2 Å². The van der Waals surface area contributed by atoms with Crippen molar-refractivity contribution >= 4 is 0 Å². The third-order valence-corrected chi connectivity index (χ3v) is 3.77. The lowest BCUT2D eigenvalue weighted by Gasteiger charge is -2.32. The minimum absolute atomic E-state index is 0.367. The van der Waals surface area contributed by atoms with Crippen molar-refractivity contribution in [2.45, 2.75) is 72.6 Å². The summed E-state index contributed by atoms with van der Waals surface area (Å²) < 4.78 is 0. The Bertz CT molecular complexity index is 288. The van der Waals surface area contributed by atoms with Gasteiger partial charge in [-0.05, 0) is 29.7 Å². The molecule has 1 aromatic rings. The van der Waals surface area contributed by atoms with Crippen molar-refractivity contribution < 1.29 is 0 Å². The summed E-state index contributed by atoms with van der Waals surface area (Å²) in [7, 11) is 0. The van der Waals surface area contributed by atoms with Crippen molar-refractivity contribution in [2.24, 2.45) is 5.92 Å². The molecule has 0 spiro atoms. The summed E-state index contributed by atoms with van der Waals surface area (Å²) in [5.74, 6) is 0.816. The van der Waals surface area contributed by atoms with Gasteiger partial charge in [0.2, 0.25) is 0 Å². The Morgan fingerprint density at radius 1 is 1.06 bits per heavy atom. The Hall–Kier alpha value is -0.780. The quantitative estimate of drug-likeness (QED) is 0.561. The van der Waals surface area contributed by atoms with Gasteiger partial charge in [0.25, 0.3) is 0 Å². The molecule has 0 aliphatic carbocycles. The SMILES string of the molecule is CC.CCCC(C)(CC(C)CC)c1ccccc1. The van der Waals surface area contributed by atoms with Gasteiger partial charge >= 0.3 is 0 Å². The summed E-state index contributed by atoms with van der Waals surface area (Å²) in [5, 5.41) is 0. The van der Waals surface area contributed by atoms with Crippen LogP contribution in [0, 0.1) is 5.92 Å². The van der Waals surface area contributed by atoms with Gasteiger partial charge in [-0.1, -0.05) is 84.7 Å². The average Bonchev–Trinajstić information content (AvgIpc) is 2.42. The van der Waals surface area contributed by atoms with E-state index in [4.69, 9.17) is 0 Å². The molecule has 0 heterocycles. The normalized spacial score (nSPS) is 15.2. The first-order chi connectivity index (χ1) is 8.62. The number of hydrogen-bond donors (Lipinski definition) is 0. The summed E-state index contributed by atoms with van der Waals surface area (Å²) in [6.45, 7) is 13.4. The highest BCUT2D eigenvalue weighted by Gasteiger charge is 2.26. The molecule has 0 nitrogen and oxygen atoms in total.